The molecule has 2 aromatic heterocycles. The van der Waals surface area contributed by atoms with Gasteiger partial charge in [-0.15, -0.1) is 0 Å². The highest BCUT2D eigenvalue weighted by molar-refractivity contribution is 6.35. The summed E-state index contributed by atoms with van der Waals surface area (Å²) in [6.45, 7) is 8.72. The average molecular weight is 596 g/mol. The predicted octanol–water partition coefficient (Wildman–Crippen LogP) is 6.72. The number of aromatic amines is 1. The Labute approximate surface area is 248 Å². The lowest BCUT2D eigenvalue weighted by atomic mass is 9.97. The van der Waals surface area contributed by atoms with Crippen molar-refractivity contribution < 1.29 is 19.4 Å². The molecule has 3 heterocycles. The molecule has 0 spiro atoms. The minimum absolute atomic E-state index is 0.180. The second-order valence-corrected chi connectivity index (χ2v) is 11.4. The van der Waals surface area contributed by atoms with Crippen molar-refractivity contribution >= 4 is 46.0 Å². The summed E-state index contributed by atoms with van der Waals surface area (Å²) in [6, 6.07) is 7.60. The molecule has 1 amide bonds. The number of nitrogens with zero attached hydrogens (tertiary/aromatic N) is 3. The fourth-order valence-corrected chi connectivity index (χ4v) is 6.03. The van der Waals surface area contributed by atoms with Crippen LogP contribution in [0.1, 0.15) is 51.4 Å². The van der Waals surface area contributed by atoms with Crippen LogP contribution in [0.15, 0.2) is 30.6 Å². The number of amides is 1. The van der Waals surface area contributed by atoms with Gasteiger partial charge < -0.3 is 19.7 Å². The summed E-state index contributed by atoms with van der Waals surface area (Å²) in [4.78, 5) is 39.2. The molecule has 5 rings (SSSR count). The molecule has 1 aliphatic rings. The first-order chi connectivity index (χ1) is 19.6. The van der Waals surface area contributed by atoms with Gasteiger partial charge in [0.05, 0.1) is 23.1 Å². The molecule has 1 saturated heterocycles. The summed E-state index contributed by atoms with van der Waals surface area (Å²) in [5.74, 6) is -0.917. The molecule has 0 radical (unpaired) electrons. The maximum absolute atomic E-state index is 13.8. The number of aliphatic carboxylic acids is 1. The van der Waals surface area contributed by atoms with E-state index in [0.717, 1.165) is 60.9 Å². The second-order valence-electron chi connectivity index (χ2n) is 10.6. The molecule has 10 heteroatoms. The quantitative estimate of drug-likeness (QED) is 0.219. The molecule has 214 valence electrons. The highest BCUT2D eigenvalue weighted by Crippen LogP contribution is 2.40. The molecule has 0 bridgehead atoms. The Morgan fingerprint density at radius 1 is 1.07 bits per heavy atom. The Hall–Kier alpha value is -3.62. The first kappa shape index (κ1) is 28.9. The Bertz CT molecular complexity index is 1620. The number of hydrogen-bond acceptors (Lipinski definition) is 5. The number of fused-ring (bicyclic) bond motifs is 1. The van der Waals surface area contributed by atoms with Crippen LogP contribution in [-0.4, -0.2) is 56.5 Å². The highest BCUT2D eigenvalue weighted by atomic mass is 35.5. The number of likely N-dealkylation sites (tertiary alicyclic amines) is 1. The van der Waals surface area contributed by atoms with Gasteiger partial charge in [-0.05, 0) is 81.8 Å². The van der Waals surface area contributed by atoms with Gasteiger partial charge in [-0.3, -0.25) is 9.59 Å². The van der Waals surface area contributed by atoms with Crippen molar-refractivity contribution in [2.45, 2.75) is 47.0 Å². The van der Waals surface area contributed by atoms with Crippen molar-refractivity contribution in [3.63, 3.8) is 0 Å². The zero-order valence-corrected chi connectivity index (χ0v) is 25.0. The van der Waals surface area contributed by atoms with E-state index in [2.05, 4.69) is 15.0 Å². The molecule has 1 fully saturated rings. The van der Waals surface area contributed by atoms with Gasteiger partial charge in [-0.2, -0.15) is 0 Å². The average Bonchev–Trinajstić information content (AvgIpc) is 3.56. The van der Waals surface area contributed by atoms with Crippen LogP contribution in [0, 0.1) is 33.6 Å². The summed E-state index contributed by atoms with van der Waals surface area (Å²) in [6.07, 6.45) is 3.16. The lowest BCUT2D eigenvalue weighted by Crippen LogP contribution is -2.30. The minimum atomic E-state index is -0.883. The SMILES string of the molecule is Cc1cc(OCCCc2c(C(=O)N3CCC(C(=O)O)C3)[nH]c3c(-c4c(C)ncnc4C)c(Cl)ccc23)cc(C)c1Cl. The third kappa shape index (κ3) is 5.63. The van der Waals surface area contributed by atoms with Gasteiger partial charge in [0.1, 0.15) is 17.8 Å². The van der Waals surface area contributed by atoms with Crippen LogP contribution in [-0.2, 0) is 11.2 Å². The summed E-state index contributed by atoms with van der Waals surface area (Å²) in [5, 5.41) is 11.6. The van der Waals surface area contributed by atoms with Crippen LogP contribution < -0.4 is 4.74 Å². The minimum Gasteiger partial charge on any atom is -0.494 e. The molecule has 41 heavy (non-hydrogen) atoms. The van der Waals surface area contributed by atoms with Gasteiger partial charge in [-0.1, -0.05) is 29.3 Å². The van der Waals surface area contributed by atoms with Crippen LogP contribution in [0.2, 0.25) is 10.0 Å². The maximum Gasteiger partial charge on any atom is 0.308 e. The molecule has 1 atom stereocenters. The fourth-order valence-electron chi connectivity index (χ4n) is 5.67. The standard InChI is InChI=1S/C31H32Cl2N4O4/c1-16-12-21(13-17(2)27(16)33)41-11-5-6-22-23-7-8-24(32)26(25-18(3)34-15-35-19(25)4)28(23)36-29(22)30(38)37-10-9-20(14-37)31(39)40/h7-8,12-13,15,20,36H,5-6,9-11,14H2,1-4H3,(H,39,40). The normalized spacial score (nSPS) is 15.1. The largest absolute Gasteiger partial charge is 0.494 e. The van der Waals surface area contributed by atoms with Crippen LogP contribution in [0.25, 0.3) is 22.0 Å². The summed E-state index contributed by atoms with van der Waals surface area (Å²) in [7, 11) is 0. The van der Waals surface area contributed by atoms with Gasteiger partial charge >= 0.3 is 5.97 Å². The van der Waals surface area contributed by atoms with E-state index < -0.39 is 11.9 Å². The number of hydrogen-bond donors (Lipinski definition) is 2. The maximum atomic E-state index is 13.8. The molecule has 2 aromatic carbocycles. The van der Waals surface area contributed by atoms with Crippen molar-refractivity contribution in [3.05, 3.63) is 74.4 Å². The van der Waals surface area contributed by atoms with E-state index in [9.17, 15) is 14.7 Å². The zero-order valence-electron chi connectivity index (χ0n) is 23.5. The Balaban J connectivity index is 1.52. The lowest BCUT2D eigenvalue weighted by Gasteiger charge is -2.16. The van der Waals surface area contributed by atoms with Gasteiger partial charge in [0.15, 0.2) is 0 Å². The van der Waals surface area contributed by atoms with Crippen molar-refractivity contribution in [1.82, 2.24) is 19.9 Å². The summed E-state index contributed by atoms with van der Waals surface area (Å²) >= 11 is 13.1. The van der Waals surface area contributed by atoms with Crippen LogP contribution in [0.5, 0.6) is 5.75 Å². The Morgan fingerprint density at radius 3 is 2.39 bits per heavy atom. The van der Waals surface area contributed by atoms with Crippen molar-refractivity contribution in [2.24, 2.45) is 5.92 Å². The van der Waals surface area contributed by atoms with E-state index in [1.807, 2.05) is 52.0 Å². The number of aromatic nitrogens is 3. The Morgan fingerprint density at radius 2 is 1.76 bits per heavy atom. The molecule has 4 aromatic rings. The van der Waals surface area contributed by atoms with Crippen molar-refractivity contribution in [2.75, 3.05) is 19.7 Å². The second kappa shape index (κ2) is 11.7. The third-order valence-electron chi connectivity index (χ3n) is 7.80. The van der Waals surface area contributed by atoms with Crippen LogP contribution in [0.3, 0.4) is 0 Å². The Kier molecular flexibility index (Phi) is 8.25. The molecule has 0 saturated carbocycles. The monoisotopic (exact) mass is 594 g/mol. The first-order valence-corrected chi connectivity index (χ1v) is 14.4. The number of nitrogens with one attached hydrogen (secondary N) is 1. The summed E-state index contributed by atoms with van der Waals surface area (Å²) in [5.41, 5.74) is 7.06. The molecular weight excluding hydrogens is 563 g/mol. The number of halogens is 2. The smallest absolute Gasteiger partial charge is 0.308 e. The van der Waals surface area contributed by atoms with Crippen molar-refractivity contribution in [3.8, 4) is 16.9 Å². The van der Waals surface area contributed by atoms with Gasteiger partial charge in [-0.25, -0.2) is 9.97 Å². The third-order valence-corrected chi connectivity index (χ3v) is 8.71. The van der Waals surface area contributed by atoms with Crippen molar-refractivity contribution in [1.29, 1.82) is 0 Å². The number of carboxylic acids is 1. The molecular formula is C31H32Cl2N4O4. The zero-order chi connectivity index (χ0) is 29.4. The first-order valence-electron chi connectivity index (χ1n) is 13.6. The van der Waals surface area contributed by atoms with Gasteiger partial charge in [0, 0.05) is 46.0 Å². The van der Waals surface area contributed by atoms with E-state index >= 15 is 0 Å². The molecule has 8 nitrogen and oxygen atoms in total. The number of rotatable bonds is 8. The summed E-state index contributed by atoms with van der Waals surface area (Å²) < 4.78 is 6.05. The van der Waals surface area contributed by atoms with E-state index in [1.165, 1.54) is 6.33 Å². The van der Waals surface area contributed by atoms with Gasteiger partial charge in [0.25, 0.3) is 5.91 Å². The number of carbonyl (C=O) groups is 2. The van der Waals surface area contributed by atoms with E-state index in [1.54, 1.807) is 4.90 Å². The lowest BCUT2D eigenvalue weighted by molar-refractivity contribution is -0.141. The molecule has 1 unspecified atom stereocenters. The molecule has 1 aliphatic heterocycles. The number of ether oxygens (including phenoxy) is 1. The number of benzene rings is 2. The van der Waals surface area contributed by atoms with Crippen LogP contribution in [0.4, 0.5) is 0 Å². The fraction of sp³-hybridized carbons (Fsp3) is 0.355. The number of carbonyl (C=O) groups excluding carboxylic acids is 1. The number of H-pyrrole nitrogens is 1. The number of carboxylic acid groups (broad SMARTS) is 1. The van der Waals surface area contributed by atoms with Crippen LogP contribution >= 0.6 is 23.2 Å². The van der Waals surface area contributed by atoms with Gasteiger partial charge in [0.2, 0.25) is 0 Å². The topological polar surface area (TPSA) is 108 Å². The van der Waals surface area contributed by atoms with E-state index in [-0.39, 0.29) is 12.5 Å². The predicted molar refractivity (Wildman–Crippen MR) is 160 cm³/mol. The molecule has 2 N–H and O–H groups in total. The highest BCUT2D eigenvalue weighted by Gasteiger charge is 2.33. The van der Waals surface area contributed by atoms with E-state index in [4.69, 9.17) is 27.9 Å². The molecule has 0 aliphatic carbocycles. The van der Waals surface area contributed by atoms with E-state index in [0.29, 0.717) is 43.1 Å². The number of aryl methyl sites for hydroxylation is 5.